The van der Waals surface area contributed by atoms with E-state index in [0.29, 0.717) is 22.3 Å². The Kier molecular flexibility index (Phi) is 12.9. The van der Waals surface area contributed by atoms with E-state index in [-0.39, 0.29) is 66.4 Å². The van der Waals surface area contributed by atoms with Gasteiger partial charge in [0.2, 0.25) is 0 Å². The Morgan fingerprint density at radius 1 is 0.426 bits per heavy atom. The van der Waals surface area contributed by atoms with Crippen LogP contribution in [0.4, 0.5) is 0 Å². The van der Waals surface area contributed by atoms with Crippen LogP contribution in [0, 0.1) is 0 Å². The van der Waals surface area contributed by atoms with Crippen molar-refractivity contribution in [1.82, 2.24) is 0 Å². The molecule has 0 atom stereocenters. The van der Waals surface area contributed by atoms with E-state index in [1.54, 1.807) is 40.6 Å². The molecule has 9 nitrogen and oxygen atoms in total. The molecular formula is C45H56O9. The second kappa shape index (κ2) is 16.4. The van der Waals surface area contributed by atoms with Crippen LogP contribution in [0.25, 0.3) is 0 Å². The monoisotopic (exact) mass is 740 g/mol. The lowest BCUT2D eigenvalue weighted by atomic mass is 9.68. The molecule has 0 saturated heterocycles. The predicted molar refractivity (Wildman–Crippen MR) is 210 cm³/mol. The second-order valence-corrected chi connectivity index (χ2v) is 15.7. The number of phenols is 3. The summed E-state index contributed by atoms with van der Waals surface area (Å²) in [4.78, 5) is 25.6. The van der Waals surface area contributed by atoms with E-state index in [0.717, 1.165) is 33.4 Å². The van der Waals surface area contributed by atoms with Crippen molar-refractivity contribution < 1.29 is 43.9 Å². The number of benzene rings is 4. The fraction of sp³-hybridized carbons (Fsp3) is 0.422. The van der Waals surface area contributed by atoms with Gasteiger partial charge in [0.1, 0.15) is 17.2 Å². The van der Waals surface area contributed by atoms with E-state index in [1.807, 2.05) is 24.3 Å². The van der Waals surface area contributed by atoms with Crippen LogP contribution in [-0.4, -0.2) is 55.3 Å². The van der Waals surface area contributed by atoms with Crippen molar-refractivity contribution in [1.29, 1.82) is 0 Å². The summed E-state index contributed by atoms with van der Waals surface area (Å²) < 4.78 is 21.7. The van der Waals surface area contributed by atoms with Gasteiger partial charge in [0.05, 0.1) is 37.6 Å². The van der Waals surface area contributed by atoms with E-state index in [9.17, 15) is 24.9 Å². The van der Waals surface area contributed by atoms with Gasteiger partial charge < -0.3 is 34.3 Å². The molecule has 0 amide bonds. The first kappa shape index (κ1) is 42.2. The molecule has 0 fully saturated rings. The normalized spacial score (nSPS) is 12.3. The van der Waals surface area contributed by atoms with Crippen molar-refractivity contribution in [2.24, 2.45) is 0 Å². The lowest BCUT2D eigenvalue weighted by Crippen LogP contribution is -2.27. The van der Waals surface area contributed by atoms with Crippen LogP contribution >= 0.6 is 0 Å². The van der Waals surface area contributed by atoms with Gasteiger partial charge in [0.15, 0.2) is 11.6 Å². The quantitative estimate of drug-likeness (QED) is 0.0965. The van der Waals surface area contributed by atoms with Gasteiger partial charge in [0, 0.05) is 66.9 Å². The maximum Gasteiger partial charge on any atom is 0.163 e. The summed E-state index contributed by atoms with van der Waals surface area (Å²) in [5.74, 6) is -0.563. The summed E-state index contributed by atoms with van der Waals surface area (Å²) >= 11 is 0. The van der Waals surface area contributed by atoms with Crippen molar-refractivity contribution in [2.45, 2.75) is 98.1 Å². The Hall–Kier alpha value is -4.54. The Balaban J connectivity index is 2.10. The Morgan fingerprint density at radius 2 is 0.648 bits per heavy atom. The first-order valence-electron chi connectivity index (χ1n) is 18.0. The van der Waals surface area contributed by atoms with E-state index in [2.05, 4.69) is 59.7 Å². The first-order valence-corrected chi connectivity index (χ1v) is 18.0. The average Bonchev–Trinajstić information content (AvgIpc) is 3.11. The van der Waals surface area contributed by atoms with Crippen LogP contribution < -0.4 is 0 Å². The summed E-state index contributed by atoms with van der Waals surface area (Å²) in [5, 5.41) is 33.1. The third-order valence-corrected chi connectivity index (χ3v) is 10.9. The number of hydrogen-bond acceptors (Lipinski definition) is 9. The molecule has 290 valence electrons. The highest BCUT2D eigenvalue weighted by molar-refractivity contribution is 5.98. The number of ketones is 2. The van der Waals surface area contributed by atoms with Crippen LogP contribution in [0.15, 0.2) is 54.6 Å². The highest BCUT2D eigenvalue weighted by Gasteiger charge is 2.35. The Labute approximate surface area is 319 Å². The number of hydrogen-bond donors (Lipinski definition) is 3. The first-order chi connectivity index (χ1) is 25.3. The van der Waals surface area contributed by atoms with Gasteiger partial charge in [0.25, 0.3) is 0 Å². The molecular weight excluding hydrogens is 684 g/mol. The average molecular weight is 741 g/mol. The molecule has 0 spiro atoms. The molecule has 0 aliphatic heterocycles. The molecule has 0 aromatic heterocycles. The molecule has 0 aliphatic rings. The smallest absolute Gasteiger partial charge is 0.163 e. The van der Waals surface area contributed by atoms with E-state index < -0.39 is 16.2 Å². The van der Waals surface area contributed by atoms with E-state index in [4.69, 9.17) is 18.9 Å². The van der Waals surface area contributed by atoms with Gasteiger partial charge in [-0.25, -0.2) is 0 Å². The SMILES string of the molecule is COCc1cc(C(C)(C)c2cc(C(C)(C)c3cc(COC)c(O)c(C(C)=O)c3)cc(C(C)(C)c3cc(COC)c(O)c(C(C)=O)c3)c2)cc(COC)c1O. The Morgan fingerprint density at radius 3 is 0.889 bits per heavy atom. The molecule has 4 aromatic carbocycles. The molecule has 0 unspecified atom stereocenters. The molecule has 0 radical (unpaired) electrons. The van der Waals surface area contributed by atoms with E-state index in [1.165, 1.54) is 13.8 Å². The van der Waals surface area contributed by atoms with Crippen molar-refractivity contribution >= 4 is 11.6 Å². The van der Waals surface area contributed by atoms with Gasteiger partial charge in [-0.3, -0.25) is 9.59 Å². The van der Waals surface area contributed by atoms with Crippen LogP contribution in [0.2, 0.25) is 0 Å². The molecule has 0 saturated carbocycles. The lowest BCUT2D eigenvalue weighted by molar-refractivity contribution is 0.100. The number of Topliss-reactive ketones (excluding diaryl/α,β-unsaturated/α-hetero) is 2. The topological polar surface area (TPSA) is 132 Å². The van der Waals surface area contributed by atoms with E-state index >= 15 is 0 Å². The van der Waals surface area contributed by atoms with Gasteiger partial charge >= 0.3 is 0 Å². The summed E-state index contributed by atoms with van der Waals surface area (Å²) in [6, 6.07) is 17.7. The largest absolute Gasteiger partial charge is 0.507 e. The number of methoxy groups -OCH3 is 4. The minimum absolute atomic E-state index is 0.0906. The van der Waals surface area contributed by atoms with Crippen molar-refractivity contribution in [3.05, 3.63) is 121 Å². The van der Waals surface area contributed by atoms with Crippen molar-refractivity contribution in [2.75, 3.05) is 28.4 Å². The molecule has 0 bridgehead atoms. The fourth-order valence-electron chi connectivity index (χ4n) is 7.04. The summed E-state index contributed by atoms with van der Waals surface area (Å²) in [7, 11) is 6.27. The predicted octanol–water partition coefficient (Wildman–Crippen LogP) is 8.77. The lowest BCUT2D eigenvalue weighted by Gasteiger charge is -2.36. The standard InChI is InChI=1S/C45H56O9/c1-26(46)38-20-33(15-30(24-53-11)41(38)49)44(5,6)36-17-35(43(3,4)32-13-28(22-51-9)40(48)29(14-32)23-52-10)18-37(19-36)45(7,8)34-16-31(25-54-12)42(50)39(21-34)27(2)47/h13-21,48-50H,22-25H2,1-12H3. The number of phenolic OH excluding ortho intramolecular Hbond substituents is 3. The molecule has 0 aliphatic carbocycles. The van der Waals surface area contributed by atoms with Crippen LogP contribution in [0.1, 0.15) is 132 Å². The maximum absolute atomic E-state index is 12.8. The van der Waals surface area contributed by atoms with Crippen molar-refractivity contribution in [3.8, 4) is 17.2 Å². The third-order valence-electron chi connectivity index (χ3n) is 10.9. The second-order valence-electron chi connectivity index (χ2n) is 15.7. The minimum atomic E-state index is -0.699. The number of ether oxygens (including phenoxy) is 4. The molecule has 0 heterocycles. The minimum Gasteiger partial charge on any atom is -0.507 e. The zero-order valence-electron chi connectivity index (χ0n) is 33.8. The van der Waals surface area contributed by atoms with Crippen LogP contribution in [0.5, 0.6) is 17.2 Å². The zero-order chi connectivity index (χ0) is 40.3. The highest BCUT2D eigenvalue weighted by atomic mass is 16.5. The van der Waals surface area contributed by atoms with Gasteiger partial charge in [-0.2, -0.15) is 0 Å². The number of carbonyl (C=O) groups is 2. The number of aromatic hydroxyl groups is 3. The summed E-state index contributed by atoms with van der Waals surface area (Å²) in [6.45, 7) is 16.1. The summed E-state index contributed by atoms with van der Waals surface area (Å²) in [6.07, 6.45) is 0. The third kappa shape index (κ3) is 8.25. The maximum atomic E-state index is 12.8. The van der Waals surface area contributed by atoms with Gasteiger partial charge in [-0.15, -0.1) is 0 Å². The number of rotatable bonds is 16. The molecule has 4 rings (SSSR count). The molecule has 3 N–H and O–H groups in total. The molecule has 4 aromatic rings. The van der Waals surface area contributed by atoms with Gasteiger partial charge in [-0.05, 0) is 83.6 Å². The Bertz CT molecular complexity index is 1910. The summed E-state index contributed by atoms with van der Waals surface area (Å²) in [5.41, 5.74) is 6.15. The van der Waals surface area contributed by atoms with Crippen LogP contribution in [0.3, 0.4) is 0 Å². The number of carbonyl (C=O) groups excluding carboxylic acids is 2. The van der Waals surface area contributed by atoms with Crippen LogP contribution in [-0.2, 0) is 61.6 Å². The van der Waals surface area contributed by atoms with Crippen molar-refractivity contribution in [3.63, 3.8) is 0 Å². The highest BCUT2D eigenvalue weighted by Crippen LogP contribution is 2.45. The van der Waals surface area contributed by atoms with Gasteiger partial charge in [-0.1, -0.05) is 59.7 Å². The molecule has 9 heteroatoms. The zero-order valence-corrected chi connectivity index (χ0v) is 33.8. The fourth-order valence-corrected chi connectivity index (χ4v) is 7.04. The molecule has 54 heavy (non-hydrogen) atoms.